The molecule has 1 aromatic rings. The van der Waals surface area contributed by atoms with Crippen molar-refractivity contribution in [1.29, 1.82) is 0 Å². The molecule has 28 heavy (non-hydrogen) atoms. The van der Waals surface area contributed by atoms with Gasteiger partial charge < -0.3 is 25.2 Å². The van der Waals surface area contributed by atoms with Crippen LogP contribution in [0.5, 0.6) is 5.75 Å². The predicted molar refractivity (Wildman–Crippen MR) is 91.9 cm³/mol. The number of pyridine rings is 1. The number of carbonyl (C=O) groups is 4. The zero-order valence-electron chi connectivity index (χ0n) is 15.1. The lowest BCUT2D eigenvalue weighted by molar-refractivity contribution is -0.144. The molecule has 0 saturated carbocycles. The van der Waals surface area contributed by atoms with Crippen LogP contribution in [-0.4, -0.2) is 92.4 Å². The van der Waals surface area contributed by atoms with Gasteiger partial charge in [-0.2, -0.15) is 0 Å². The average molecular weight is 399 g/mol. The molecule has 0 bridgehead atoms. The van der Waals surface area contributed by atoms with Crippen LogP contribution in [0, 0.1) is 0 Å². The van der Waals surface area contributed by atoms with Crippen LogP contribution in [-0.2, 0) is 32.3 Å². The van der Waals surface area contributed by atoms with Gasteiger partial charge in [0.05, 0.1) is 44.7 Å². The highest BCUT2D eigenvalue weighted by Gasteiger charge is 2.18. The molecule has 0 radical (unpaired) electrons. The summed E-state index contributed by atoms with van der Waals surface area (Å²) in [6, 6.07) is 2.97. The minimum atomic E-state index is -1.21. The molecule has 0 unspecified atom stereocenters. The maximum atomic E-state index is 10.9. The van der Waals surface area contributed by atoms with E-state index in [-0.39, 0.29) is 13.1 Å². The summed E-state index contributed by atoms with van der Waals surface area (Å²) in [6.45, 7) is -2.31. The van der Waals surface area contributed by atoms with E-state index in [0.29, 0.717) is 17.1 Å². The molecular weight excluding hydrogens is 378 g/mol. The number of rotatable bonds is 13. The molecule has 0 spiro atoms. The maximum absolute atomic E-state index is 10.9. The molecule has 4 N–H and O–H groups in total. The molecule has 0 atom stereocenters. The van der Waals surface area contributed by atoms with Crippen LogP contribution in [0.25, 0.3) is 0 Å². The van der Waals surface area contributed by atoms with E-state index < -0.39 is 50.1 Å². The molecule has 0 aromatic carbocycles. The third-order valence-electron chi connectivity index (χ3n) is 3.35. The predicted octanol–water partition coefficient (Wildman–Crippen LogP) is -0.967. The first-order valence-corrected chi connectivity index (χ1v) is 7.94. The monoisotopic (exact) mass is 399 g/mol. The van der Waals surface area contributed by atoms with Gasteiger partial charge in [0, 0.05) is 25.2 Å². The summed E-state index contributed by atoms with van der Waals surface area (Å²) in [6.07, 6.45) is 0. The lowest BCUT2D eigenvalue weighted by Gasteiger charge is -2.20. The third kappa shape index (κ3) is 8.91. The van der Waals surface area contributed by atoms with Crippen molar-refractivity contribution in [2.24, 2.45) is 0 Å². The van der Waals surface area contributed by atoms with Gasteiger partial charge in [0.25, 0.3) is 0 Å². The molecule has 0 aliphatic carbocycles. The summed E-state index contributed by atoms with van der Waals surface area (Å²) < 4.78 is 5.14. The first-order chi connectivity index (χ1) is 13.1. The highest BCUT2D eigenvalue weighted by molar-refractivity contribution is 5.73. The number of ether oxygens (including phenoxy) is 1. The molecule has 1 heterocycles. The van der Waals surface area contributed by atoms with E-state index in [9.17, 15) is 19.2 Å². The Balaban J connectivity index is 3.07. The van der Waals surface area contributed by atoms with E-state index >= 15 is 0 Å². The maximum Gasteiger partial charge on any atom is 0.317 e. The van der Waals surface area contributed by atoms with Crippen LogP contribution in [0.2, 0.25) is 0 Å². The van der Waals surface area contributed by atoms with Gasteiger partial charge in [-0.3, -0.25) is 34.0 Å². The molecule has 12 heteroatoms. The Bertz CT molecular complexity index is 650. The number of carboxylic acids is 4. The second-order valence-electron chi connectivity index (χ2n) is 5.85. The molecule has 1 aromatic heterocycles. The van der Waals surface area contributed by atoms with Crippen molar-refractivity contribution < 1.29 is 44.3 Å². The standard InChI is InChI=1S/C16H21N3O9/c1-28-12-2-10(4-18(6-13(20)21)7-14(22)23)17-11(3-12)5-19(8-15(24)25)9-16(26)27/h2-3H,4-9H2,1H3,(H,20,21)(H,22,23)(H,24,25)(H,26,27). The lowest BCUT2D eigenvalue weighted by atomic mass is 10.2. The lowest BCUT2D eigenvalue weighted by Crippen LogP contribution is -2.35. The minimum absolute atomic E-state index is 0.110. The summed E-state index contributed by atoms with van der Waals surface area (Å²) in [5.41, 5.74) is 0.588. The van der Waals surface area contributed by atoms with Gasteiger partial charge in [-0.15, -0.1) is 0 Å². The van der Waals surface area contributed by atoms with E-state index in [1.165, 1.54) is 19.2 Å². The van der Waals surface area contributed by atoms with E-state index in [0.717, 1.165) is 9.80 Å². The van der Waals surface area contributed by atoms with Crippen LogP contribution >= 0.6 is 0 Å². The van der Waals surface area contributed by atoms with Crippen LogP contribution in [0.3, 0.4) is 0 Å². The summed E-state index contributed by atoms with van der Waals surface area (Å²) in [4.78, 5) is 50.2. The highest BCUT2D eigenvalue weighted by atomic mass is 16.5. The Hall–Kier alpha value is -3.25. The summed E-state index contributed by atoms with van der Waals surface area (Å²) in [7, 11) is 1.38. The van der Waals surface area contributed by atoms with Crippen LogP contribution in [0.1, 0.15) is 11.4 Å². The summed E-state index contributed by atoms with van der Waals surface area (Å²) in [5, 5.41) is 35.7. The van der Waals surface area contributed by atoms with E-state index in [4.69, 9.17) is 25.2 Å². The molecule has 0 aliphatic rings. The van der Waals surface area contributed by atoms with E-state index in [2.05, 4.69) is 4.98 Å². The number of aliphatic carboxylic acids is 4. The van der Waals surface area contributed by atoms with Gasteiger partial charge in [0.2, 0.25) is 0 Å². The highest BCUT2D eigenvalue weighted by Crippen LogP contribution is 2.17. The summed E-state index contributed by atoms with van der Waals surface area (Å²) >= 11 is 0. The summed E-state index contributed by atoms with van der Waals surface area (Å²) in [5.74, 6) is -4.51. The fourth-order valence-electron chi connectivity index (χ4n) is 2.46. The number of aromatic nitrogens is 1. The quantitative estimate of drug-likeness (QED) is 0.319. The number of carboxylic acid groups (broad SMARTS) is 4. The zero-order chi connectivity index (χ0) is 21.3. The van der Waals surface area contributed by atoms with E-state index in [1.54, 1.807) is 0 Å². The van der Waals surface area contributed by atoms with E-state index in [1.807, 2.05) is 0 Å². The molecule has 154 valence electrons. The van der Waals surface area contributed by atoms with Crippen molar-refractivity contribution in [2.75, 3.05) is 33.3 Å². The molecule has 0 amide bonds. The Morgan fingerprint density at radius 1 is 0.786 bits per heavy atom. The van der Waals surface area contributed by atoms with Gasteiger partial charge in [0.1, 0.15) is 5.75 Å². The van der Waals surface area contributed by atoms with Gasteiger partial charge in [-0.1, -0.05) is 0 Å². The van der Waals surface area contributed by atoms with Crippen LogP contribution < -0.4 is 4.74 Å². The average Bonchev–Trinajstić information content (AvgIpc) is 2.51. The minimum Gasteiger partial charge on any atom is -0.497 e. The van der Waals surface area contributed by atoms with Crippen molar-refractivity contribution in [2.45, 2.75) is 13.1 Å². The fraction of sp³-hybridized carbons (Fsp3) is 0.438. The van der Waals surface area contributed by atoms with Gasteiger partial charge >= 0.3 is 23.9 Å². The second kappa shape index (κ2) is 10.8. The van der Waals surface area contributed by atoms with Crippen LogP contribution in [0.15, 0.2) is 12.1 Å². The van der Waals surface area contributed by atoms with Crippen molar-refractivity contribution in [3.05, 3.63) is 23.5 Å². The van der Waals surface area contributed by atoms with Crippen molar-refractivity contribution in [1.82, 2.24) is 14.8 Å². The normalized spacial score (nSPS) is 10.8. The first kappa shape index (κ1) is 22.8. The van der Waals surface area contributed by atoms with Crippen LogP contribution in [0.4, 0.5) is 0 Å². The van der Waals surface area contributed by atoms with Gasteiger partial charge in [0.15, 0.2) is 0 Å². The molecule has 0 aliphatic heterocycles. The zero-order valence-corrected chi connectivity index (χ0v) is 15.1. The third-order valence-corrected chi connectivity index (χ3v) is 3.35. The topological polar surface area (TPSA) is 178 Å². The Kier molecular flexibility index (Phi) is 8.78. The van der Waals surface area contributed by atoms with Gasteiger partial charge in [-0.25, -0.2) is 0 Å². The van der Waals surface area contributed by atoms with Crippen molar-refractivity contribution in [3.8, 4) is 5.75 Å². The fourth-order valence-corrected chi connectivity index (χ4v) is 2.46. The number of methoxy groups -OCH3 is 1. The molecule has 0 fully saturated rings. The molecule has 12 nitrogen and oxygen atoms in total. The Labute approximate surface area is 159 Å². The molecular formula is C16H21N3O9. The number of hydrogen-bond donors (Lipinski definition) is 4. The number of hydrogen-bond acceptors (Lipinski definition) is 8. The smallest absolute Gasteiger partial charge is 0.317 e. The second-order valence-corrected chi connectivity index (χ2v) is 5.85. The Morgan fingerprint density at radius 3 is 1.36 bits per heavy atom. The number of nitrogens with zero attached hydrogens (tertiary/aromatic N) is 3. The molecule has 0 saturated heterocycles. The van der Waals surface area contributed by atoms with Crippen molar-refractivity contribution >= 4 is 23.9 Å². The van der Waals surface area contributed by atoms with Crippen molar-refractivity contribution in [3.63, 3.8) is 0 Å². The Morgan fingerprint density at radius 2 is 1.11 bits per heavy atom. The first-order valence-electron chi connectivity index (χ1n) is 7.94. The molecule has 1 rings (SSSR count). The SMILES string of the molecule is COc1cc(CN(CC(=O)O)CC(=O)O)nc(CN(CC(=O)O)CC(=O)O)c1. The van der Waals surface area contributed by atoms with Gasteiger partial charge in [-0.05, 0) is 0 Å². The largest absolute Gasteiger partial charge is 0.497 e.